The number of ether oxygens (including phenoxy) is 1. The monoisotopic (exact) mass is 745 g/mol. The molecule has 0 spiro atoms. The van der Waals surface area contributed by atoms with E-state index >= 15 is 0 Å². The summed E-state index contributed by atoms with van der Waals surface area (Å²) in [4.78, 5) is 0. The second-order valence-corrected chi connectivity index (χ2v) is 19.2. The van der Waals surface area contributed by atoms with Crippen LogP contribution in [0.3, 0.4) is 0 Å². The van der Waals surface area contributed by atoms with Crippen LogP contribution >= 0.6 is 7.37 Å². The summed E-state index contributed by atoms with van der Waals surface area (Å²) in [6.07, 6.45) is 57.0. The summed E-state index contributed by atoms with van der Waals surface area (Å²) < 4.78 is 26.7. The van der Waals surface area contributed by atoms with Crippen LogP contribution in [0.25, 0.3) is 0 Å². The normalized spacial score (nSPS) is 20.7. The van der Waals surface area contributed by atoms with E-state index in [1.54, 1.807) is 0 Å². The fourth-order valence-electron chi connectivity index (χ4n) is 8.85. The molecule has 0 aromatic rings. The Hall–Kier alpha value is -0.890. The molecule has 0 N–H and O–H groups in total. The van der Waals surface area contributed by atoms with Gasteiger partial charge in [0.15, 0.2) is 7.37 Å². The van der Waals surface area contributed by atoms with Gasteiger partial charge in [-0.2, -0.15) is 0 Å². The van der Waals surface area contributed by atoms with E-state index in [1.807, 2.05) is 20.4 Å². The number of methoxy groups -OCH3 is 1. The molecule has 3 unspecified atom stereocenters. The quantitative estimate of drug-likeness (QED) is 0.0281. The Morgan fingerprint density at radius 3 is 1.48 bits per heavy atom. The second-order valence-electron chi connectivity index (χ2n) is 16.5. The maximum atomic E-state index is 13.3. The van der Waals surface area contributed by atoms with Crippen molar-refractivity contribution in [3.05, 3.63) is 48.6 Å². The maximum Gasteiger partial charge on any atom is 0.197 e. The molecule has 0 amide bonds. The summed E-state index contributed by atoms with van der Waals surface area (Å²) >= 11 is 0. The van der Waals surface area contributed by atoms with Gasteiger partial charge in [-0.1, -0.05) is 185 Å². The van der Waals surface area contributed by atoms with Gasteiger partial charge in [0, 0.05) is 20.4 Å². The largest absolute Gasteiger partial charge is 0.375 e. The topological polar surface area (TPSA) is 35.5 Å². The van der Waals surface area contributed by atoms with Crippen molar-refractivity contribution in [2.75, 3.05) is 20.4 Å². The molecule has 1 aliphatic carbocycles. The fraction of sp³-hybridized carbons (Fsp3) is 0.833. The SMILES string of the molecule is CCCCCCCC=CC=CC=CCCCCCCC=CCCCC(CCCCCCCCCCC)C1(OC)CCCCC1(CCC)OP(C)(C)=O. The lowest BCUT2D eigenvalue weighted by atomic mass is 9.61. The van der Waals surface area contributed by atoms with Crippen molar-refractivity contribution >= 4 is 7.37 Å². The van der Waals surface area contributed by atoms with Crippen molar-refractivity contribution in [3.8, 4) is 0 Å². The molecular formula is C48H89O3P. The van der Waals surface area contributed by atoms with Crippen molar-refractivity contribution in [2.24, 2.45) is 5.92 Å². The highest BCUT2D eigenvalue weighted by atomic mass is 31.2. The fourth-order valence-corrected chi connectivity index (χ4v) is 10.0. The Balaban J connectivity index is 2.54. The van der Waals surface area contributed by atoms with Crippen LogP contribution in [0.2, 0.25) is 0 Å². The number of hydrogen-bond acceptors (Lipinski definition) is 3. The summed E-state index contributed by atoms with van der Waals surface area (Å²) in [6, 6.07) is 0. The minimum atomic E-state index is -2.68. The molecule has 0 aromatic carbocycles. The highest BCUT2D eigenvalue weighted by molar-refractivity contribution is 7.57. The first kappa shape index (κ1) is 49.1. The third kappa shape index (κ3) is 22.5. The number of allylic oxidation sites excluding steroid dienone is 8. The standard InChI is InChI=1S/C48H89O3P/c1-7-10-12-14-16-18-19-20-21-22-23-24-25-26-27-28-29-30-32-34-36-38-42-46(41-37-35-33-31-17-15-13-11-8-2)48(50-4)45-40-39-44-47(48,43-9-3)51-52(5,6)49/h19-24,32,34,46H,7-18,25-31,33,35-45H2,1-6H3. The molecule has 52 heavy (non-hydrogen) atoms. The zero-order chi connectivity index (χ0) is 38.1. The predicted octanol–water partition coefficient (Wildman–Crippen LogP) is 16.7. The molecule has 304 valence electrons. The Labute approximate surface area is 326 Å². The van der Waals surface area contributed by atoms with Crippen LogP contribution < -0.4 is 0 Å². The molecule has 1 rings (SSSR count). The first-order chi connectivity index (χ1) is 25.3. The van der Waals surface area contributed by atoms with E-state index in [2.05, 4.69) is 69.4 Å². The van der Waals surface area contributed by atoms with Gasteiger partial charge in [-0.25, -0.2) is 0 Å². The van der Waals surface area contributed by atoms with Crippen molar-refractivity contribution in [1.29, 1.82) is 0 Å². The number of rotatable bonds is 35. The molecule has 0 saturated heterocycles. The van der Waals surface area contributed by atoms with Gasteiger partial charge in [-0.05, 0) is 89.4 Å². The van der Waals surface area contributed by atoms with E-state index in [0.29, 0.717) is 5.92 Å². The van der Waals surface area contributed by atoms with E-state index in [4.69, 9.17) is 9.26 Å². The van der Waals surface area contributed by atoms with Crippen LogP contribution in [-0.4, -0.2) is 31.6 Å². The van der Waals surface area contributed by atoms with Crippen molar-refractivity contribution in [3.63, 3.8) is 0 Å². The molecule has 0 aromatic heterocycles. The van der Waals surface area contributed by atoms with Gasteiger partial charge in [0.05, 0.1) is 5.60 Å². The molecule has 3 nitrogen and oxygen atoms in total. The number of unbranched alkanes of at least 4 members (excludes halogenated alkanes) is 19. The van der Waals surface area contributed by atoms with E-state index < -0.39 is 13.0 Å². The zero-order valence-corrected chi connectivity index (χ0v) is 36.7. The second kappa shape index (κ2) is 32.4. The number of hydrogen-bond donors (Lipinski definition) is 0. The highest BCUT2D eigenvalue weighted by Gasteiger charge is 2.58. The van der Waals surface area contributed by atoms with E-state index in [-0.39, 0.29) is 5.60 Å². The first-order valence-corrected chi connectivity index (χ1v) is 25.3. The highest BCUT2D eigenvalue weighted by Crippen LogP contribution is 2.58. The van der Waals surface area contributed by atoms with Gasteiger partial charge >= 0.3 is 0 Å². The lowest BCUT2D eigenvalue weighted by Crippen LogP contribution is -2.62. The summed E-state index contributed by atoms with van der Waals surface area (Å²) in [7, 11) is -0.751. The van der Waals surface area contributed by atoms with Gasteiger partial charge in [-0.3, -0.25) is 4.57 Å². The predicted molar refractivity (Wildman–Crippen MR) is 233 cm³/mol. The molecule has 1 fully saturated rings. The summed E-state index contributed by atoms with van der Waals surface area (Å²) in [5, 5.41) is 0. The van der Waals surface area contributed by atoms with Crippen molar-refractivity contribution < 1.29 is 13.8 Å². The maximum absolute atomic E-state index is 13.3. The van der Waals surface area contributed by atoms with Gasteiger partial charge in [0.2, 0.25) is 0 Å². The van der Waals surface area contributed by atoms with Gasteiger partial charge in [0.25, 0.3) is 0 Å². The molecule has 0 bridgehead atoms. The molecule has 0 aliphatic heterocycles. The minimum absolute atomic E-state index is 0.345. The third-order valence-electron chi connectivity index (χ3n) is 11.5. The van der Waals surface area contributed by atoms with Crippen molar-refractivity contribution in [1.82, 2.24) is 0 Å². The molecule has 1 saturated carbocycles. The smallest absolute Gasteiger partial charge is 0.197 e. The van der Waals surface area contributed by atoms with E-state index in [9.17, 15) is 4.57 Å². The Morgan fingerprint density at radius 2 is 0.981 bits per heavy atom. The molecule has 1 aliphatic rings. The van der Waals surface area contributed by atoms with Crippen LogP contribution in [0.1, 0.15) is 220 Å². The van der Waals surface area contributed by atoms with Crippen LogP contribution in [0.4, 0.5) is 0 Å². The Morgan fingerprint density at radius 1 is 0.538 bits per heavy atom. The third-order valence-corrected chi connectivity index (χ3v) is 12.3. The van der Waals surface area contributed by atoms with Crippen LogP contribution in [0, 0.1) is 5.92 Å². The molecule has 4 heteroatoms. The van der Waals surface area contributed by atoms with Crippen molar-refractivity contribution in [2.45, 2.75) is 231 Å². The molecular weight excluding hydrogens is 655 g/mol. The minimum Gasteiger partial charge on any atom is -0.375 e. The van der Waals surface area contributed by atoms with E-state index in [0.717, 1.165) is 38.5 Å². The van der Waals surface area contributed by atoms with Gasteiger partial charge in [0.1, 0.15) is 5.60 Å². The summed E-state index contributed by atoms with van der Waals surface area (Å²) in [6.45, 7) is 10.4. The Bertz CT molecular complexity index is 972. The molecule has 3 atom stereocenters. The van der Waals surface area contributed by atoms with E-state index in [1.165, 1.54) is 161 Å². The van der Waals surface area contributed by atoms with Crippen LogP contribution in [0.5, 0.6) is 0 Å². The lowest BCUT2D eigenvalue weighted by molar-refractivity contribution is -0.211. The van der Waals surface area contributed by atoms with Crippen LogP contribution in [0.15, 0.2) is 48.6 Å². The first-order valence-electron chi connectivity index (χ1n) is 22.7. The van der Waals surface area contributed by atoms with Gasteiger partial charge < -0.3 is 9.26 Å². The van der Waals surface area contributed by atoms with Crippen LogP contribution in [-0.2, 0) is 13.8 Å². The zero-order valence-electron chi connectivity index (χ0n) is 35.8. The average Bonchev–Trinajstić information content (AvgIpc) is 3.12. The Kier molecular flexibility index (Phi) is 30.6. The molecule has 0 radical (unpaired) electrons. The van der Waals surface area contributed by atoms with Gasteiger partial charge in [-0.15, -0.1) is 0 Å². The molecule has 0 heterocycles. The summed E-state index contributed by atoms with van der Waals surface area (Å²) in [5.41, 5.74) is -0.785. The lowest BCUT2D eigenvalue weighted by Gasteiger charge is -2.56. The summed E-state index contributed by atoms with van der Waals surface area (Å²) in [5.74, 6) is 0.444. The average molecular weight is 745 g/mol.